The molecule has 0 radical (unpaired) electrons. The zero-order valence-corrected chi connectivity index (χ0v) is 11.8. The molecule has 2 heteroatoms. The number of unbranched alkanes of at least 4 members (excludes halogenated alkanes) is 4. The molecule has 0 aliphatic rings. The van der Waals surface area contributed by atoms with Crippen molar-refractivity contribution in [2.24, 2.45) is 0 Å². The Labute approximate surface area is 112 Å². The van der Waals surface area contributed by atoms with Crippen LogP contribution in [0.5, 0.6) is 0 Å². The molecule has 1 aromatic carbocycles. The first kappa shape index (κ1) is 13.7. The first-order valence-corrected chi connectivity index (χ1v) is 7.51. The van der Waals surface area contributed by atoms with Crippen LogP contribution in [0.1, 0.15) is 48.9 Å². The number of carbonyl (C=O) groups excluding carboxylic acids is 1. The standard InChI is InChI=1S/C14H19IO/c15-12-8-3-1-2-7-11-14(16)13-9-5-4-6-10-13/h4-6,9-10H,1-3,7-8,11-12H2. The topological polar surface area (TPSA) is 17.1 Å². The molecule has 0 fully saturated rings. The van der Waals surface area contributed by atoms with Gasteiger partial charge in [0, 0.05) is 12.0 Å². The lowest BCUT2D eigenvalue weighted by Gasteiger charge is -2.01. The summed E-state index contributed by atoms with van der Waals surface area (Å²) < 4.78 is 1.25. The number of hydrogen-bond donors (Lipinski definition) is 0. The number of halogens is 1. The van der Waals surface area contributed by atoms with Gasteiger partial charge in [-0.05, 0) is 17.3 Å². The minimum atomic E-state index is 0.287. The molecule has 0 aliphatic carbocycles. The van der Waals surface area contributed by atoms with E-state index in [1.807, 2.05) is 30.3 Å². The monoisotopic (exact) mass is 330 g/mol. The van der Waals surface area contributed by atoms with Crippen LogP contribution in [0.4, 0.5) is 0 Å². The summed E-state index contributed by atoms with van der Waals surface area (Å²) >= 11 is 2.41. The highest BCUT2D eigenvalue weighted by atomic mass is 127. The van der Waals surface area contributed by atoms with E-state index in [-0.39, 0.29) is 5.78 Å². The molecule has 0 saturated carbocycles. The molecule has 0 heterocycles. The van der Waals surface area contributed by atoms with Crippen molar-refractivity contribution in [2.75, 3.05) is 4.43 Å². The minimum absolute atomic E-state index is 0.287. The van der Waals surface area contributed by atoms with Crippen LogP contribution in [-0.4, -0.2) is 10.2 Å². The fraction of sp³-hybridized carbons (Fsp3) is 0.500. The number of Topliss-reactive ketones (excluding diaryl/α,β-unsaturated/α-hetero) is 1. The predicted octanol–water partition coefficient (Wildman–Crippen LogP) is 4.64. The summed E-state index contributed by atoms with van der Waals surface area (Å²) in [6, 6.07) is 9.60. The maximum atomic E-state index is 11.7. The summed E-state index contributed by atoms with van der Waals surface area (Å²) in [5, 5.41) is 0. The van der Waals surface area contributed by atoms with Crippen molar-refractivity contribution < 1.29 is 4.79 Å². The van der Waals surface area contributed by atoms with Crippen molar-refractivity contribution in [3.05, 3.63) is 35.9 Å². The molecule has 0 N–H and O–H groups in total. The van der Waals surface area contributed by atoms with Gasteiger partial charge in [-0.1, -0.05) is 72.2 Å². The number of alkyl halides is 1. The van der Waals surface area contributed by atoms with E-state index in [0.29, 0.717) is 6.42 Å². The molecule has 0 aromatic heterocycles. The molecule has 1 rings (SSSR count). The Morgan fingerprint density at radius 1 is 0.938 bits per heavy atom. The van der Waals surface area contributed by atoms with E-state index in [1.165, 1.54) is 30.1 Å². The van der Waals surface area contributed by atoms with Gasteiger partial charge in [0.15, 0.2) is 5.78 Å². The van der Waals surface area contributed by atoms with Crippen molar-refractivity contribution in [3.63, 3.8) is 0 Å². The largest absolute Gasteiger partial charge is 0.294 e. The fourth-order valence-corrected chi connectivity index (χ4v) is 2.22. The van der Waals surface area contributed by atoms with Gasteiger partial charge in [0.25, 0.3) is 0 Å². The van der Waals surface area contributed by atoms with Gasteiger partial charge in [0.2, 0.25) is 0 Å². The maximum absolute atomic E-state index is 11.7. The average Bonchev–Trinajstić information content (AvgIpc) is 2.34. The predicted molar refractivity (Wildman–Crippen MR) is 77.4 cm³/mol. The lowest BCUT2D eigenvalue weighted by Crippen LogP contribution is -1.98. The second-order valence-electron chi connectivity index (χ2n) is 4.00. The van der Waals surface area contributed by atoms with Gasteiger partial charge in [0.1, 0.15) is 0 Å². The highest BCUT2D eigenvalue weighted by Crippen LogP contribution is 2.10. The highest BCUT2D eigenvalue weighted by molar-refractivity contribution is 14.1. The van der Waals surface area contributed by atoms with E-state index >= 15 is 0 Å². The molecule has 0 atom stereocenters. The van der Waals surface area contributed by atoms with Crippen LogP contribution in [0, 0.1) is 0 Å². The lowest BCUT2D eigenvalue weighted by atomic mass is 10.0. The molecule has 88 valence electrons. The van der Waals surface area contributed by atoms with E-state index in [4.69, 9.17) is 0 Å². The van der Waals surface area contributed by atoms with E-state index < -0.39 is 0 Å². The summed E-state index contributed by atoms with van der Waals surface area (Å²) in [4.78, 5) is 11.7. The SMILES string of the molecule is O=C(CCCCCCCI)c1ccccc1. The molecule has 0 saturated heterocycles. The van der Waals surface area contributed by atoms with E-state index in [0.717, 1.165) is 12.0 Å². The Morgan fingerprint density at radius 3 is 2.25 bits per heavy atom. The highest BCUT2D eigenvalue weighted by Gasteiger charge is 2.03. The first-order valence-electron chi connectivity index (χ1n) is 5.99. The zero-order chi connectivity index (χ0) is 11.6. The van der Waals surface area contributed by atoms with E-state index in [9.17, 15) is 4.79 Å². The van der Waals surface area contributed by atoms with Crippen molar-refractivity contribution in [3.8, 4) is 0 Å². The molecular formula is C14H19IO. The molecule has 0 spiro atoms. The smallest absolute Gasteiger partial charge is 0.162 e. The third-order valence-electron chi connectivity index (χ3n) is 2.63. The summed E-state index contributed by atoms with van der Waals surface area (Å²) in [6.45, 7) is 0. The Kier molecular flexibility index (Phi) is 7.47. The van der Waals surface area contributed by atoms with Crippen LogP contribution < -0.4 is 0 Å². The van der Waals surface area contributed by atoms with Crippen LogP contribution in [0.3, 0.4) is 0 Å². The summed E-state index contributed by atoms with van der Waals surface area (Å²) in [5.41, 5.74) is 0.856. The Hall–Kier alpha value is -0.380. The second kappa shape index (κ2) is 8.74. The van der Waals surface area contributed by atoms with Gasteiger partial charge in [-0.3, -0.25) is 4.79 Å². The number of ketones is 1. The number of hydrogen-bond acceptors (Lipinski definition) is 1. The molecule has 16 heavy (non-hydrogen) atoms. The molecule has 1 nitrogen and oxygen atoms in total. The normalized spacial score (nSPS) is 10.3. The second-order valence-corrected chi connectivity index (χ2v) is 5.07. The quantitative estimate of drug-likeness (QED) is 0.294. The first-order chi connectivity index (χ1) is 7.84. The van der Waals surface area contributed by atoms with Crippen LogP contribution in [0.15, 0.2) is 30.3 Å². The molecule has 0 unspecified atom stereocenters. The molecule has 0 bridgehead atoms. The van der Waals surface area contributed by atoms with Crippen LogP contribution in [0.2, 0.25) is 0 Å². The van der Waals surface area contributed by atoms with Gasteiger partial charge in [-0.25, -0.2) is 0 Å². The van der Waals surface area contributed by atoms with E-state index in [1.54, 1.807) is 0 Å². The maximum Gasteiger partial charge on any atom is 0.162 e. The zero-order valence-electron chi connectivity index (χ0n) is 9.62. The van der Waals surface area contributed by atoms with Crippen LogP contribution >= 0.6 is 22.6 Å². The summed E-state index contributed by atoms with van der Waals surface area (Å²) in [7, 11) is 0. The van der Waals surface area contributed by atoms with Gasteiger partial charge in [0.05, 0.1) is 0 Å². The van der Waals surface area contributed by atoms with Crippen LogP contribution in [-0.2, 0) is 0 Å². The average molecular weight is 330 g/mol. The van der Waals surface area contributed by atoms with E-state index in [2.05, 4.69) is 22.6 Å². The molecular weight excluding hydrogens is 311 g/mol. The molecule has 1 aromatic rings. The summed E-state index contributed by atoms with van der Waals surface area (Å²) in [5.74, 6) is 0.287. The van der Waals surface area contributed by atoms with Crippen molar-refractivity contribution >= 4 is 28.4 Å². The van der Waals surface area contributed by atoms with Crippen LogP contribution in [0.25, 0.3) is 0 Å². The number of carbonyl (C=O) groups is 1. The fourth-order valence-electron chi connectivity index (χ4n) is 1.68. The molecule has 0 amide bonds. The molecule has 0 aliphatic heterocycles. The van der Waals surface area contributed by atoms with Crippen molar-refractivity contribution in [2.45, 2.75) is 38.5 Å². The minimum Gasteiger partial charge on any atom is -0.294 e. The Bertz CT molecular complexity index is 295. The lowest BCUT2D eigenvalue weighted by molar-refractivity contribution is 0.0979. The van der Waals surface area contributed by atoms with Gasteiger partial charge < -0.3 is 0 Å². The van der Waals surface area contributed by atoms with Crippen molar-refractivity contribution in [1.29, 1.82) is 0 Å². The van der Waals surface area contributed by atoms with Gasteiger partial charge >= 0.3 is 0 Å². The Balaban J connectivity index is 2.12. The summed E-state index contributed by atoms with van der Waals surface area (Å²) in [6.07, 6.45) is 6.82. The third-order valence-corrected chi connectivity index (χ3v) is 3.40. The van der Waals surface area contributed by atoms with Gasteiger partial charge in [-0.15, -0.1) is 0 Å². The van der Waals surface area contributed by atoms with Crippen molar-refractivity contribution in [1.82, 2.24) is 0 Å². The number of rotatable bonds is 8. The number of benzene rings is 1. The third kappa shape index (κ3) is 5.64. The van der Waals surface area contributed by atoms with Gasteiger partial charge in [-0.2, -0.15) is 0 Å². The Morgan fingerprint density at radius 2 is 1.56 bits per heavy atom.